The molecule has 0 aromatic carbocycles. The predicted octanol–water partition coefficient (Wildman–Crippen LogP) is 1.11. The standard InChI is InChI=1S/C11H23NO2S/c1-9(3-5-13)15-8-11(12-2)10-4-6-14-7-10/h9-13H,3-8H2,1-2H3. The lowest BCUT2D eigenvalue weighted by molar-refractivity contribution is 0.179. The summed E-state index contributed by atoms with van der Waals surface area (Å²) in [5, 5.41) is 12.7. The molecule has 0 radical (unpaired) electrons. The second-order valence-corrected chi connectivity index (χ2v) is 5.65. The van der Waals surface area contributed by atoms with E-state index in [4.69, 9.17) is 9.84 Å². The van der Waals surface area contributed by atoms with Crippen LogP contribution in [0.4, 0.5) is 0 Å². The lowest BCUT2D eigenvalue weighted by Gasteiger charge is -2.22. The minimum Gasteiger partial charge on any atom is -0.396 e. The summed E-state index contributed by atoms with van der Waals surface area (Å²) in [6.07, 6.45) is 2.07. The molecule has 1 heterocycles. The predicted molar refractivity (Wildman–Crippen MR) is 65.4 cm³/mol. The third kappa shape index (κ3) is 4.72. The monoisotopic (exact) mass is 233 g/mol. The van der Waals surface area contributed by atoms with Crippen LogP contribution in [0.3, 0.4) is 0 Å². The molecule has 0 saturated carbocycles. The zero-order valence-corrected chi connectivity index (χ0v) is 10.6. The summed E-state index contributed by atoms with van der Waals surface area (Å²) in [6.45, 7) is 4.30. The first-order valence-corrected chi connectivity index (χ1v) is 6.80. The van der Waals surface area contributed by atoms with E-state index in [9.17, 15) is 0 Å². The fourth-order valence-corrected chi connectivity index (χ4v) is 3.11. The fraction of sp³-hybridized carbons (Fsp3) is 1.00. The molecule has 1 aliphatic rings. The molecule has 3 unspecified atom stereocenters. The molecule has 15 heavy (non-hydrogen) atoms. The Labute approximate surface area is 97.0 Å². The van der Waals surface area contributed by atoms with E-state index in [1.54, 1.807) is 0 Å². The Morgan fingerprint density at radius 1 is 1.60 bits per heavy atom. The maximum Gasteiger partial charge on any atom is 0.0510 e. The highest BCUT2D eigenvalue weighted by atomic mass is 32.2. The summed E-state index contributed by atoms with van der Waals surface area (Å²) >= 11 is 1.94. The Morgan fingerprint density at radius 2 is 2.40 bits per heavy atom. The molecule has 0 aromatic heterocycles. The van der Waals surface area contributed by atoms with Crippen LogP contribution in [0, 0.1) is 5.92 Å². The highest BCUT2D eigenvalue weighted by Crippen LogP contribution is 2.22. The van der Waals surface area contributed by atoms with Crippen LogP contribution in [0.2, 0.25) is 0 Å². The first-order valence-electron chi connectivity index (χ1n) is 5.75. The molecule has 0 amide bonds. The molecule has 1 rings (SSSR count). The van der Waals surface area contributed by atoms with E-state index in [0.717, 1.165) is 25.4 Å². The average Bonchev–Trinajstić information content (AvgIpc) is 2.72. The summed E-state index contributed by atoms with van der Waals surface area (Å²) in [6, 6.07) is 0.554. The van der Waals surface area contributed by atoms with Crippen molar-refractivity contribution in [2.24, 2.45) is 5.92 Å². The van der Waals surface area contributed by atoms with Gasteiger partial charge in [-0.2, -0.15) is 11.8 Å². The number of thioether (sulfide) groups is 1. The number of hydrogen-bond acceptors (Lipinski definition) is 4. The Balaban J connectivity index is 2.20. The van der Waals surface area contributed by atoms with Crippen molar-refractivity contribution in [3.8, 4) is 0 Å². The van der Waals surface area contributed by atoms with Gasteiger partial charge in [0.15, 0.2) is 0 Å². The van der Waals surface area contributed by atoms with Crippen LogP contribution in [0.5, 0.6) is 0 Å². The van der Waals surface area contributed by atoms with Gasteiger partial charge in [-0.25, -0.2) is 0 Å². The van der Waals surface area contributed by atoms with Crippen molar-refractivity contribution in [3.05, 3.63) is 0 Å². The summed E-state index contributed by atoms with van der Waals surface area (Å²) in [5.41, 5.74) is 0. The van der Waals surface area contributed by atoms with E-state index >= 15 is 0 Å². The normalized spacial score (nSPS) is 25.4. The molecule has 0 aromatic rings. The van der Waals surface area contributed by atoms with Gasteiger partial charge in [0.05, 0.1) is 6.61 Å². The fourth-order valence-electron chi connectivity index (χ4n) is 1.86. The van der Waals surface area contributed by atoms with Crippen molar-refractivity contribution >= 4 is 11.8 Å². The number of rotatable bonds is 7. The van der Waals surface area contributed by atoms with E-state index in [1.165, 1.54) is 6.42 Å². The summed E-state index contributed by atoms with van der Waals surface area (Å²) in [4.78, 5) is 0. The molecule has 90 valence electrons. The Kier molecular flexibility index (Phi) is 6.64. The van der Waals surface area contributed by atoms with E-state index in [1.807, 2.05) is 18.8 Å². The van der Waals surface area contributed by atoms with Crippen molar-refractivity contribution in [1.82, 2.24) is 5.32 Å². The van der Waals surface area contributed by atoms with Gasteiger partial charge >= 0.3 is 0 Å². The first kappa shape index (κ1) is 13.3. The molecule has 1 aliphatic heterocycles. The number of ether oxygens (including phenoxy) is 1. The van der Waals surface area contributed by atoms with Crippen molar-refractivity contribution in [2.45, 2.75) is 31.1 Å². The number of aliphatic hydroxyl groups excluding tert-OH is 1. The Hall–Kier alpha value is 0.230. The molecule has 0 aliphatic carbocycles. The molecule has 3 nitrogen and oxygen atoms in total. The van der Waals surface area contributed by atoms with Crippen LogP contribution in [0.1, 0.15) is 19.8 Å². The zero-order valence-electron chi connectivity index (χ0n) is 9.74. The molecule has 0 bridgehead atoms. The maximum atomic E-state index is 8.82. The minimum absolute atomic E-state index is 0.297. The van der Waals surface area contributed by atoms with E-state index in [0.29, 0.717) is 23.8 Å². The molecular formula is C11H23NO2S. The van der Waals surface area contributed by atoms with Crippen LogP contribution < -0.4 is 5.32 Å². The quantitative estimate of drug-likeness (QED) is 0.691. The van der Waals surface area contributed by atoms with Crippen LogP contribution in [-0.2, 0) is 4.74 Å². The highest BCUT2D eigenvalue weighted by molar-refractivity contribution is 7.99. The van der Waals surface area contributed by atoms with Crippen molar-refractivity contribution in [3.63, 3.8) is 0 Å². The largest absolute Gasteiger partial charge is 0.396 e. The average molecular weight is 233 g/mol. The number of aliphatic hydroxyl groups is 1. The van der Waals surface area contributed by atoms with Gasteiger partial charge in [0, 0.05) is 36.2 Å². The van der Waals surface area contributed by atoms with Crippen LogP contribution in [-0.4, -0.2) is 49.0 Å². The molecular weight excluding hydrogens is 210 g/mol. The second kappa shape index (κ2) is 7.49. The lowest BCUT2D eigenvalue weighted by Crippen LogP contribution is -2.36. The van der Waals surface area contributed by atoms with Gasteiger partial charge in [0.25, 0.3) is 0 Å². The van der Waals surface area contributed by atoms with Gasteiger partial charge < -0.3 is 15.2 Å². The SMILES string of the molecule is CNC(CSC(C)CCO)C1CCOC1. The smallest absolute Gasteiger partial charge is 0.0510 e. The molecule has 1 fully saturated rings. The molecule has 0 spiro atoms. The first-order chi connectivity index (χ1) is 7.27. The molecule has 2 N–H and O–H groups in total. The summed E-state index contributed by atoms with van der Waals surface area (Å²) in [5.74, 6) is 1.79. The van der Waals surface area contributed by atoms with Gasteiger partial charge in [0.1, 0.15) is 0 Å². The van der Waals surface area contributed by atoms with Gasteiger partial charge in [0.2, 0.25) is 0 Å². The van der Waals surface area contributed by atoms with Crippen LogP contribution in [0.15, 0.2) is 0 Å². The van der Waals surface area contributed by atoms with Crippen LogP contribution in [0.25, 0.3) is 0 Å². The van der Waals surface area contributed by atoms with Crippen molar-refractivity contribution in [1.29, 1.82) is 0 Å². The van der Waals surface area contributed by atoms with Gasteiger partial charge in [-0.15, -0.1) is 0 Å². The van der Waals surface area contributed by atoms with E-state index in [2.05, 4.69) is 12.2 Å². The van der Waals surface area contributed by atoms with E-state index in [-0.39, 0.29) is 0 Å². The Morgan fingerprint density at radius 3 is 2.93 bits per heavy atom. The van der Waals surface area contributed by atoms with Crippen LogP contribution >= 0.6 is 11.8 Å². The van der Waals surface area contributed by atoms with Gasteiger partial charge in [-0.3, -0.25) is 0 Å². The molecule has 1 saturated heterocycles. The summed E-state index contributed by atoms with van der Waals surface area (Å²) < 4.78 is 5.40. The number of nitrogens with one attached hydrogen (secondary N) is 1. The zero-order chi connectivity index (χ0) is 11.1. The maximum absolute atomic E-state index is 8.82. The lowest BCUT2D eigenvalue weighted by atomic mass is 10.0. The third-order valence-corrected chi connectivity index (χ3v) is 4.36. The van der Waals surface area contributed by atoms with Crippen molar-refractivity contribution in [2.75, 3.05) is 32.6 Å². The van der Waals surface area contributed by atoms with E-state index < -0.39 is 0 Å². The van der Waals surface area contributed by atoms with Crippen molar-refractivity contribution < 1.29 is 9.84 Å². The molecule has 4 heteroatoms. The van der Waals surface area contributed by atoms with Gasteiger partial charge in [-0.05, 0) is 19.9 Å². The topological polar surface area (TPSA) is 41.5 Å². The summed E-state index contributed by atoms with van der Waals surface area (Å²) in [7, 11) is 2.03. The third-order valence-electron chi connectivity index (χ3n) is 3.00. The Bertz CT molecular complexity index is 163. The highest BCUT2D eigenvalue weighted by Gasteiger charge is 2.24. The number of hydrogen-bond donors (Lipinski definition) is 2. The van der Waals surface area contributed by atoms with Gasteiger partial charge in [-0.1, -0.05) is 6.92 Å². The second-order valence-electron chi connectivity index (χ2n) is 4.18. The minimum atomic E-state index is 0.297. The molecule has 3 atom stereocenters.